The number of rotatable bonds is 20. The predicted octanol–water partition coefficient (Wildman–Crippen LogP) is 7.97. The van der Waals surface area contributed by atoms with Crippen LogP contribution < -0.4 is 0 Å². The summed E-state index contributed by atoms with van der Waals surface area (Å²) in [6.45, 7) is 2.90. The van der Waals surface area contributed by atoms with Crippen molar-refractivity contribution < 1.29 is 9.53 Å². The van der Waals surface area contributed by atoms with Crippen molar-refractivity contribution in [2.45, 2.75) is 122 Å². The number of hydrogen-bond acceptors (Lipinski definition) is 2. The standard InChI is InChI=1S/C22H43BrO2/c1-2-3-4-5-6-7-8-9-10-11-15-18-21-25-22(24)19-16-13-12-14-17-20-23/h2-21H2,1H3. The van der Waals surface area contributed by atoms with Crippen molar-refractivity contribution in [3.8, 4) is 0 Å². The zero-order chi connectivity index (χ0) is 18.4. The molecule has 25 heavy (non-hydrogen) atoms. The van der Waals surface area contributed by atoms with Gasteiger partial charge in [0, 0.05) is 11.8 Å². The van der Waals surface area contributed by atoms with Crippen LogP contribution in [0.2, 0.25) is 0 Å². The van der Waals surface area contributed by atoms with Crippen LogP contribution in [-0.2, 0) is 9.53 Å². The summed E-state index contributed by atoms with van der Waals surface area (Å²) in [4.78, 5) is 11.6. The van der Waals surface area contributed by atoms with E-state index < -0.39 is 0 Å². The van der Waals surface area contributed by atoms with Gasteiger partial charge >= 0.3 is 5.97 Å². The van der Waals surface area contributed by atoms with E-state index in [1.54, 1.807) is 0 Å². The summed E-state index contributed by atoms with van der Waals surface area (Å²) < 4.78 is 5.32. The van der Waals surface area contributed by atoms with Gasteiger partial charge in [-0.05, 0) is 19.3 Å². The first-order valence-corrected chi connectivity index (χ1v) is 12.1. The first-order valence-electron chi connectivity index (χ1n) is 11.0. The van der Waals surface area contributed by atoms with Crippen LogP contribution in [-0.4, -0.2) is 17.9 Å². The molecule has 150 valence electrons. The van der Waals surface area contributed by atoms with Gasteiger partial charge in [-0.2, -0.15) is 0 Å². The Balaban J connectivity index is 3.11. The largest absolute Gasteiger partial charge is 0.466 e. The number of hydrogen-bond donors (Lipinski definition) is 0. The van der Waals surface area contributed by atoms with Crippen LogP contribution >= 0.6 is 15.9 Å². The molecule has 3 heteroatoms. The van der Waals surface area contributed by atoms with Gasteiger partial charge in [0.2, 0.25) is 0 Å². The third kappa shape index (κ3) is 21.9. The molecular weight excluding hydrogens is 376 g/mol. The van der Waals surface area contributed by atoms with E-state index in [-0.39, 0.29) is 5.97 Å². The quantitative estimate of drug-likeness (QED) is 0.114. The van der Waals surface area contributed by atoms with E-state index in [4.69, 9.17) is 4.74 Å². The molecule has 0 aliphatic rings. The zero-order valence-corrected chi connectivity index (χ0v) is 18.4. The van der Waals surface area contributed by atoms with Crippen molar-refractivity contribution in [2.75, 3.05) is 11.9 Å². The second-order valence-corrected chi connectivity index (χ2v) is 8.11. The number of carbonyl (C=O) groups excluding carboxylic acids is 1. The Labute approximate surface area is 166 Å². The van der Waals surface area contributed by atoms with Gasteiger partial charge in [0.05, 0.1) is 6.61 Å². The molecule has 0 rings (SSSR count). The molecule has 0 heterocycles. The van der Waals surface area contributed by atoms with Gasteiger partial charge in [0.1, 0.15) is 0 Å². The Hall–Kier alpha value is -0.0500. The van der Waals surface area contributed by atoms with Crippen molar-refractivity contribution in [2.24, 2.45) is 0 Å². The Bertz CT molecular complexity index is 269. The fraction of sp³-hybridized carbons (Fsp3) is 0.955. The SMILES string of the molecule is CCCCCCCCCCCCCCOC(=O)CCCCCCCBr. The number of alkyl halides is 1. The Morgan fingerprint density at radius 3 is 1.60 bits per heavy atom. The van der Waals surface area contributed by atoms with Crippen LogP contribution in [0.3, 0.4) is 0 Å². The molecule has 0 bridgehead atoms. The van der Waals surface area contributed by atoms with E-state index in [1.807, 2.05) is 0 Å². The van der Waals surface area contributed by atoms with Crippen molar-refractivity contribution in [3.63, 3.8) is 0 Å². The lowest BCUT2D eigenvalue weighted by molar-refractivity contribution is -0.143. The van der Waals surface area contributed by atoms with Crippen LogP contribution in [0.4, 0.5) is 0 Å². The zero-order valence-electron chi connectivity index (χ0n) is 16.8. The second-order valence-electron chi connectivity index (χ2n) is 7.32. The van der Waals surface area contributed by atoms with Crippen LogP contribution in [0.1, 0.15) is 122 Å². The topological polar surface area (TPSA) is 26.3 Å². The van der Waals surface area contributed by atoms with Gasteiger partial charge in [-0.3, -0.25) is 4.79 Å². The van der Waals surface area contributed by atoms with Gasteiger partial charge < -0.3 is 4.74 Å². The highest BCUT2D eigenvalue weighted by atomic mass is 79.9. The molecule has 0 aromatic rings. The number of carbonyl (C=O) groups is 1. The monoisotopic (exact) mass is 418 g/mol. The molecule has 0 saturated heterocycles. The van der Waals surface area contributed by atoms with E-state index in [2.05, 4.69) is 22.9 Å². The van der Waals surface area contributed by atoms with Crippen molar-refractivity contribution >= 4 is 21.9 Å². The molecular formula is C22H43BrO2. The normalized spacial score (nSPS) is 11.0. The Morgan fingerprint density at radius 2 is 1.08 bits per heavy atom. The van der Waals surface area contributed by atoms with Gasteiger partial charge in [-0.1, -0.05) is 113 Å². The lowest BCUT2D eigenvalue weighted by atomic mass is 10.1. The van der Waals surface area contributed by atoms with Gasteiger partial charge in [0.25, 0.3) is 0 Å². The maximum Gasteiger partial charge on any atom is 0.305 e. The van der Waals surface area contributed by atoms with Gasteiger partial charge in [-0.25, -0.2) is 0 Å². The lowest BCUT2D eigenvalue weighted by Crippen LogP contribution is -2.05. The summed E-state index contributed by atoms with van der Waals surface area (Å²) in [6.07, 6.45) is 22.6. The Morgan fingerprint density at radius 1 is 0.640 bits per heavy atom. The predicted molar refractivity (Wildman–Crippen MR) is 114 cm³/mol. The minimum absolute atomic E-state index is 0.00330. The maximum absolute atomic E-state index is 11.6. The van der Waals surface area contributed by atoms with Crippen LogP contribution in [0.5, 0.6) is 0 Å². The molecule has 0 unspecified atom stereocenters. The minimum atomic E-state index is 0.00330. The smallest absolute Gasteiger partial charge is 0.305 e. The second kappa shape index (κ2) is 22.0. The molecule has 0 spiro atoms. The number of halogens is 1. The molecule has 0 saturated carbocycles. The van der Waals surface area contributed by atoms with Crippen LogP contribution in [0.15, 0.2) is 0 Å². The van der Waals surface area contributed by atoms with E-state index >= 15 is 0 Å². The van der Waals surface area contributed by atoms with Crippen molar-refractivity contribution in [3.05, 3.63) is 0 Å². The molecule has 0 aliphatic heterocycles. The first kappa shape index (κ1) is 24.9. The van der Waals surface area contributed by atoms with Crippen molar-refractivity contribution in [1.82, 2.24) is 0 Å². The highest BCUT2D eigenvalue weighted by molar-refractivity contribution is 9.09. The maximum atomic E-state index is 11.6. The minimum Gasteiger partial charge on any atom is -0.466 e. The molecule has 0 amide bonds. The number of ether oxygens (including phenoxy) is 1. The van der Waals surface area contributed by atoms with E-state index in [9.17, 15) is 4.79 Å². The molecule has 0 N–H and O–H groups in total. The van der Waals surface area contributed by atoms with Crippen LogP contribution in [0.25, 0.3) is 0 Å². The third-order valence-electron chi connectivity index (χ3n) is 4.78. The first-order chi connectivity index (χ1) is 12.3. The summed E-state index contributed by atoms with van der Waals surface area (Å²) in [7, 11) is 0. The molecule has 0 aromatic heterocycles. The van der Waals surface area contributed by atoms with E-state index in [0.717, 1.165) is 24.6 Å². The summed E-state index contributed by atoms with van der Waals surface area (Å²) in [5.74, 6) is 0.00330. The summed E-state index contributed by atoms with van der Waals surface area (Å²) >= 11 is 3.44. The molecule has 0 aliphatic carbocycles. The van der Waals surface area contributed by atoms with E-state index in [0.29, 0.717) is 13.0 Å². The fourth-order valence-electron chi connectivity index (χ4n) is 3.10. The fourth-order valence-corrected chi connectivity index (χ4v) is 3.49. The number of esters is 1. The molecule has 0 aromatic carbocycles. The van der Waals surface area contributed by atoms with Gasteiger partial charge in [0.15, 0.2) is 0 Å². The third-order valence-corrected chi connectivity index (χ3v) is 5.34. The molecule has 0 radical (unpaired) electrons. The lowest BCUT2D eigenvalue weighted by Gasteiger charge is -2.05. The molecule has 0 atom stereocenters. The summed E-state index contributed by atoms with van der Waals surface area (Å²) in [6, 6.07) is 0. The highest BCUT2D eigenvalue weighted by Gasteiger charge is 2.02. The van der Waals surface area contributed by atoms with Gasteiger partial charge in [-0.15, -0.1) is 0 Å². The summed E-state index contributed by atoms with van der Waals surface area (Å²) in [5.41, 5.74) is 0. The molecule has 2 nitrogen and oxygen atoms in total. The highest BCUT2D eigenvalue weighted by Crippen LogP contribution is 2.12. The van der Waals surface area contributed by atoms with Crippen LogP contribution in [0, 0.1) is 0 Å². The van der Waals surface area contributed by atoms with E-state index in [1.165, 1.54) is 89.9 Å². The Kier molecular flexibility index (Phi) is 21.9. The van der Waals surface area contributed by atoms with Crippen molar-refractivity contribution in [1.29, 1.82) is 0 Å². The number of unbranched alkanes of at least 4 members (excludes halogenated alkanes) is 15. The average Bonchev–Trinajstić information content (AvgIpc) is 2.62. The summed E-state index contributed by atoms with van der Waals surface area (Å²) in [5, 5.41) is 1.09. The average molecular weight is 419 g/mol. The molecule has 0 fully saturated rings.